The Morgan fingerprint density at radius 2 is 2.12 bits per heavy atom. The minimum Gasteiger partial charge on any atom is -0.393 e. The molecule has 3 atom stereocenters. The monoisotopic (exact) mass is 239 g/mol. The zero-order valence-corrected chi connectivity index (χ0v) is 11.2. The van der Waals surface area contributed by atoms with Gasteiger partial charge in [-0.1, -0.05) is 6.92 Å². The predicted octanol–water partition coefficient (Wildman–Crippen LogP) is 3.10. The zero-order chi connectivity index (χ0) is 11.7. The highest BCUT2D eigenvalue weighted by Gasteiger charge is 2.27. The lowest BCUT2D eigenvalue weighted by Crippen LogP contribution is -2.29. The van der Waals surface area contributed by atoms with E-state index in [2.05, 4.69) is 25.8 Å². The smallest absolute Gasteiger partial charge is 0.0934 e. The van der Waals surface area contributed by atoms with E-state index >= 15 is 0 Å². The molecule has 0 aromatic carbocycles. The standard InChI is InChI=1S/C13H21NOS/c1-8-4-5-12(15)11(6-8)7-13-14-9(2)10(3)16-13/h8,11-12,15H,4-7H2,1-3H3. The van der Waals surface area contributed by atoms with Gasteiger partial charge in [0.25, 0.3) is 0 Å². The first kappa shape index (κ1) is 12.1. The summed E-state index contributed by atoms with van der Waals surface area (Å²) in [5, 5.41) is 11.2. The van der Waals surface area contributed by atoms with Gasteiger partial charge in [-0.25, -0.2) is 4.98 Å². The summed E-state index contributed by atoms with van der Waals surface area (Å²) in [6.45, 7) is 6.48. The van der Waals surface area contributed by atoms with Crippen LogP contribution in [0.15, 0.2) is 0 Å². The van der Waals surface area contributed by atoms with E-state index in [0.29, 0.717) is 5.92 Å². The lowest BCUT2D eigenvalue weighted by molar-refractivity contribution is 0.0519. The summed E-state index contributed by atoms with van der Waals surface area (Å²) in [6.07, 6.45) is 4.15. The molecule has 1 saturated carbocycles. The van der Waals surface area contributed by atoms with E-state index in [0.717, 1.165) is 30.9 Å². The normalized spacial score (nSPS) is 30.6. The number of hydrogen-bond donors (Lipinski definition) is 1. The van der Waals surface area contributed by atoms with Crippen LogP contribution in [0.1, 0.15) is 41.8 Å². The molecule has 90 valence electrons. The molecule has 1 aromatic heterocycles. The lowest BCUT2D eigenvalue weighted by atomic mass is 9.79. The highest BCUT2D eigenvalue weighted by molar-refractivity contribution is 7.11. The van der Waals surface area contributed by atoms with Gasteiger partial charge in [-0.3, -0.25) is 0 Å². The van der Waals surface area contributed by atoms with E-state index in [1.165, 1.54) is 16.3 Å². The first-order chi connectivity index (χ1) is 7.56. The molecule has 1 N–H and O–H groups in total. The van der Waals surface area contributed by atoms with Crippen molar-refractivity contribution in [2.45, 2.75) is 52.6 Å². The summed E-state index contributed by atoms with van der Waals surface area (Å²) in [7, 11) is 0. The Bertz CT molecular complexity index is 341. The van der Waals surface area contributed by atoms with Crippen molar-refractivity contribution < 1.29 is 5.11 Å². The molecule has 0 saturated heterocycles. The van der Waals surface area contributed by atoms with E-state index in [4.69, 9.17) is 0 Å². The van der Waals surface area contributed by atoms with Crippen LogP contribution in [0.3, 0.4) is 0 Å². The molecule has 0 aliphatic heterocycles. The SMILES string of the molecule is Cc1nc(CC2CC(C)CCC2O)sc1C. The van der Waals surface area contributed by atoms with Crippen LogP contribution < -0.4 is 0 Å². The molecular weight excluding hydrogens is 218 g/mol. The molecule has 1 aromatic rings. The molecule has 0 bridgehead atoms. The quantitative estimate of drug-likeness (QED) is 0.860. The van der Waals surface area contributed by atoms with Gasteiger partial charge in [-0.05, 0) is 44.9 Å². The van der Waals surface area contributed by atoms with Gasteiger partial charge in [-0.15, -0.1) is 11.3 Å². The predicted molar refractivity (Wildman–Crippen MR) is 67.8 cm³/mol. The fourth-order valence-electron chi connectivity index (χ4n) is 2.55. The fourth-order valence-corrected chi connectivity index (χ4v) is 3.58. The first-order valence-corrected chi connectivity index (χ1v) is 6.99. The average molecular weight is 239 g/mol. The Morgan fingerprint density at radius 1 is 1.38 bits per heavy atom. The van der Waals surface area contributed by atoms with Crippen molar-refractivity contribution in [2.24, 2.45) is 11.8 Å². The van der Waals surface area contributed by atoms with Gasteiger partial charge < -0.3 is 5.11 Å². The highest BCUT2D eigenvalue weighted by atomic mass is 32.1. The van der Waals surface area contributed by atoms with Crippen molar-refractivity contribution in [3.63, 3.8) is 0 Å². The Balaban J connectivity index is 2.02. The number of hydrogen-bond acceptors (Lipinski definition) is 3. The molecule has 0 spiro atoms. The van der Waals surface area contributed by atoms with Crippen LogP contribution in [0, 0.1) is 25.7 Å². The molecule has 16 heavy (non-hydrogen) atoms. The molecule has 0 radical (unpaired) electrons. The molecule has 1 aliphatic rings. The van der Waals surface area contributed by atoms with Crippen LogP contribution >= 0.6 is 11.3 Å². The van der Waals surface area contributed by atoms with Crippen molar-refractivity contribution in [3.05, 3.63) is 15.6 Å². The lowest BCUT2D eigenvalue weighted by Gasteiger charge is -2.31. The third kappa shape index (κ3) is 2.64. The van der Waals surface area contributed by atoms with E-state index in [1.807, 2.05) is 0 Å². The van der Waals surface area contributed by atoms with E-state index < -0.39 is 0 Å². The van der Waals surface area contributed by atoms with Crippen LogP contribution in [0.25, 0.3) is 0 Å². The molecule has 2 nitrogen and oxygen atoms in total. The third-order valence-electron chi connectivity index (χ3n) is 3.71. The van der Waals surface area contributed by atoms with Gasteiger partial charge in [0.1, 0.15) is 0 Å². The summed E-state index contributed by atoms with van der Waals surface area (Å²) >= 11 is 1.79. The van der Waals surface area contributed by atoms with E-state index in [1.54, 1.807) is 11.3 Å². The molecule has 3 unspecified atom stereocenters. The van der Waals surface area contributed by atoms with Crippen molar-refractivity contribution in [2.75, 3.05) is 0 Å². The summed E-state index contributed by atoms with van der Waals surface area (Å²) < 4.78 is 0. The van der Waals surface area contributed by atoms with E-state index in [9.17, 15) is 5.11 Å². The van der Waals surface area contributed by atoms with Gasteiger partial charge in [0.05, 0.1) is 16.8 Å². The fraction of sp³-hybridized carbons (Fsp3) is 0.769. The number of nitrogens with zero attached hydrogens (tertiary/aromatic N) is 1. The van der Waals surface area contributed by atoms with Crippen molar-refractivity contribution in [1.82, 2.24) is 4.98 Å². The maximum atomic E-state index is 10.0. The van der Waals surface area contributed by atoms with Crippen LogP contribution in [-0.4, -0.2) is 16.2 Å². The second kappa shape index (κ2) is 4.84. The number of aryl methyl sites for hydroxylation is 2. The Kier molecular flexibility index (Phi) is 3.65. The van der Waals surface area contributed by atoms with E-state index in [-0.39, 0.29) is 6.10 Å². The van der Waals surface area contributed by atoms with Gasteiger partial charge in [0.2, 0.25) is 0 Å². The molecular formula is C13H21NOS. The molecule has 1 heterocycles. The number of aliphatic hydroxyl groups excluding tert-OH is 1. The average Bonchev–Trinajstić information content (AvgIpc) is 2.52. The number of aromatic nitrogens is 1. The second-order valence-electron chi connectivity index (χ2n) is 5.20. The Morgan fingerprint density at radius 3 is 2.75 bits per heavy atom. The maximum absolute atomic E-state index is 10.0. The number of rotatable bonds is 2. The summed E-state index contributed by atoms with van der Waals surface area (Å²) in [6, 6.07) is 0. The molecule has 3 heteroatoms. The van der Waals surface area contributed by atoms with Crippen molar-refractivity contribution >= 4 is 11.3 Å². The van der Waals surface area contributed by atoms with Crippen LogP contribution in [-0.2, 0) is 6.42 Å². The number of aliphatic hydroxyl groups is 1. The van der Waals surface area contributed by atoms with Crippen molar-refractivity contribution in [1.29, 1.82) is 0 Å². The second-order valence-corrected chi connectivity index (χ2v) is 6.49. The Hall–Kier alpha value is -0.410. The minimum atomic E-state index is -0.110. The van der Waals surface area contributed by atoms with Gasteiger partial charge in [-0.2, -0.15) is 0 Å². The molecule has 1 aliphatic carbocycles. The first-order valence-electron chi connectivity index (χ1n) is 6.17. The highest BCUT2D eigenvalue weighted by Crippen LogP contribution is 2.32. The third-order valence-corrected chi connectivity index (χ3v) is 4.81. The van der Waals surface area contributed by atoms with Gasteiger partial charge >= 0.3 is 0 Å². The summed E-state index contributed by atoms with van der Waals surface area (Å²) in [4.78, 5) is 5.88. The van der Waals surface area contributed by atoms with Crippen LogP contribution in [0.2, 0.25) is 0 Å². The molecule has 1 fully saturated rings. The van der Waals surface area contributed by atoms with Gasteiger partial charge in [0.15, 0.2) is 0 Å². The van der Waals surface area contributed by atoms with Crippen LogP contribution in [0.4, 0.5) is 0 Å². The molecule has 2 rings (SSSR count). The molecule has 0 amide bonds. The maximum Gasteiger partial charge on any atom is 0.0934 e. The minimum absolute atomic E-state index is 0.110. The summed E-state index contributed by atoms with van der Waals surface area (Å²) in [5.74, 6) is 1.18. The van der Waals surface area contributed by atoms with Crippen LogP contribution in [0.5, 0.6) is 0 Å². The number of thiazole rings is 1. The Labute approximate surface area is 102 Å². The van der Waals surface area contributed by atoms with Gasteiger partial charge in [0, 0.05) is 11.3 Å². The zero-order valence-electron chi connectivity index (χ0n) is 10.4. The largest absolute Gasteiger partial charge is 0.393 e. The summed E-state index contributed by atoms with van der Waals surface area (Å²) in [5.41, 5.74) is 1.15. The van der Waals surface area contributed by atoms with Crippen molar-refractivity contribution in [3.8, 4) is 0 Å². The topological polar surface area (TPSA) is 33.1 Å².